The summed E-state index contributed by atoms with van der Waals surface area (Å²) in [7, 11) is 0. The number of aromatic nitrogens is 2. The second-order valence-corrected chi connectivity index (χ2v) is 11.9. The molecule has 0 fully saturated rings. The molecule has 210 valence electrons. The molecule has 0 radical (unpaired) electrons. The Labute approximate surface area is 257 Å². The molecule has 0 aliphatic heterocycles. The summed E-state index contributed by atoms with van der Waals surface area (Å²) < 4.78 is 0. The van der Waals surface area contributed by atoms with Crippen molar-refractivity contribution in [1.82, 2.24) is 9.97 Å². The molecule has 0 aliphatic rings. The van der Waals surface area contributed by atoms with Gasteiger partial charge in [0.15, 0.2) is 0 Å². The summed E-state index contributed by atoms with van der Waals surface area (Å²) in [6.07, 6.45) is 1.97. The molecule has 0 N–H and O–H groups in total. The molecule has 0 aliphatic carbocycles. The predicted molar refractivity (Wildman–Crippen MR) is 187 cm³/mol. The summed E-state index contributed by atoms with van der Waals surface area (Å²) in [5.41, 5.74) is 13.9. The zero-order valence-corrected chi connectivity index (χ0v) is 25.4. The first-order valence-corrected chi connectivity index (χ1v) is 15.3. The molecule has 2 nitrogen and oxygen atoms in total. The zero-order chi connectivity index (χ0) is 29.9. The molecule has 0 unspecified atom stereocenters. The summed E-state index contributed by atoms with van der Waals surface area (Å²) in [6, 6.07) is 41.9. The van der Waals surface area contributed by atoms with Crippen molar-refractivity contribution < 1.29 is 0 Å². The lowest BCUT2D eigenvalue weighted by Crippen LogP contribution is -1.98. The van der Waals surface area contributed by atoms with Gasteiger partial charge in [0.05, 0.1) is 16.7 Å². The molecular weight excluding hydrogens is 532 g/mol. The van der Waals surface area contributed by atoms with Crippen LogP contribution in [0.4, 0.5) is 0 Å². The third-order valence-electron chi connectivity index (χ3n) is 9.53. The fourth-order valence-corrected chi connectivity index (χ4v) is 6.84. The maximum atomic E-state index is 5.32. The molecule has 8 rings (SSSR count). The lowest BCUT2D eigenvalue weighted by Gasteiger charge is -2.16. The molecular formula is C42H32N2. The van der Waals surface area contributed by atoms with E-state index in [0.29, 0.717) is 0 Å². The molecule has 0 saturated carbocycles. The van der Waals surface area contributed by atoms with E-state index in [1.807, 2.05) is 6.20 Å². The Kier molecular flexibility index (Phi) is 6.06. The van der Waals surface area contributed by atoms with Gasteiger partial charge in [-0.05, 0) is 99.8 Å². The maximum Gasteiger partial charge on any atom is 0.0975 e. The number of nitrogens with zero attached hydrogens (tertiary/aromatic N) is 2. The van der Waals surface area contributed by atoms with E-state index >= 15 is 0 Å². The van der Waals surface area contributed by atoms with Gasteiger partial charge in [-0.3, -0.25) is 4.98 Å². The van der Waals surface area contributed by atoms with E-state index in [9.17, 15) is 0 Å². The van der Waals surface area contributed by atoms with Crippen LogP contribution in [0.15, 0.2) is 121 Å². The zero-order valence-electron chi connectivity index (χ0n) is 25.4. The summed E-state index contributed by atoms with van der Waals surface area (Å²) in [5.74, 6) is 0. The van der Waals surface area contributed by atoms with Crippen molar-refractivity contribution in [3.05, 3.63) is 144 Å². The number of hydrogen-bond donors (Lipinski definition) is 0. The van der Waals surface area contributed by atoms with Crippen LogP contribution >= 0.6 is 0 Å². The molecule has 0 amide bonds. The Bertz CT molecular complexity index is 2430. The van der Waals surface area contributed by atoms with Crippen molar-refractivity contribution >= 4 is 43.4 Å². The maximum absolute atomic E-state index is 5.32. The van der Waals surface area contributed by atoms with E-state index in [-0.39, 0.29) is 0 Å². The SMILES string of the molecule is Cc1cnc2c(ccc3c(C)c(C)c(-c4cccc(-c5ccc(-c6cccc7ccccc67)c6ccccc56)c4)nc32)c1C. The van der Waals surface area contributed by atoms with Gasteiger partial charge in [-0.2, -0.15) is 0 Å². The molecule has 44 heavy (non-hydrogen) atoms. The first-order chi connectivity index (χ1) is 21.5. The number of aryl methyl sites for hydroxylation is 3. The van der Waals surface area contributed by atoms with E-state index < -0.39 is 0 Å². The first kappa shape index (κ1) is 26.3. The fraction of sp³-hybridized carbons (Fsp3) is 0.0952. The Hall–Kier alpha value is -5.34. The van der Waals surface area contributed by atoms with E-state index in [2.05, 4.69) is 143 Å². The number of pyridine rings is 2. The van der Waals surface area contributed by atoms with Crippen LogP contribution in [-0.2, 0) is 0 Å². The first-order valence-electron chi connectivity index (χ1n) is 15.3. The van der Waals surface area contributed by atoms with E-state index in [1.54, 1.807) is 0 Å². The van der Waals surface area contributed by atoms with E-state index in [1.165, 1.54) is 76.8 Å². The van der Waals surface area contributed by atoms with Crippen molar-refractivity contribution in [3.8, 4) is 33.5 Å². The highest BCUT2D eigenvalue weighted by Crippen LogP contribution is 2.40. The average Bonchev–Trinajstić information content (AvgIpc) is 3.07. The lowest BCUT2D eigenvalue weighted by molar-refractivity contribution is 1.25. The van der Waals surface area contributed by atoms with Crippen LogP contribution in [0.2, 0.25) is 0 Å². The normalized spacial score (nSPS) is 11.6. The highest BCUT2D eigenvalue weighted by atomic mass is 14.8. The van der Waals surface area contributed by atoms with Crippen LogP contribution in [-0.4, -0.2) is 9.97 Å². The van der Waals surface area contributed by atoms with Crippen LogP contribution in [0.1, 0.15) is 22.3 Å². The molecule has 2 heterocycles. The minimum absolute atomic E-state index is 0.971. The van der Waals surface area contributed by atoms with Crippen LogP contribution in [0.25, 0.3) is 76.9 Å². The van der Waals surface area contributed by atoms with Crippen LogP contribution in [0.3, 0.4) is 0 Å². The van der Waals surface area contributed by atoms with Gasteiger partial charge in [-0.25, -0.2) is 4.98 Å². The quantitative estimate of drug-likeness (QED) is 0.199. The number of hydrogen-bond acceptors (Lipinski definition) is 2. The smallest absolute Gasteiger partial charge is 0.0975 e. The largest absolute Gasteiger partial charge is 0.254 e. The molecule has 6 aromatic carbocycles. The third-order valence-corrected chi connectivity index (χ3v) is 9.53. The van der Waals surface area contributed by atoms with Crippen molar-refractivity contribution in [1.29, 1.82) is 0 Å². The van der Waals surface area contributed by atoms with Crippen molar-refractivity contribution in [2.75, 3.05) is 0 Å². The van der Waals surface area contributed by atoms with Gasteiger partial charge in [0, 0.05) is 22.5 Å². The fourth-order valence-electron chi connectivity index (χ4n) is 6.84. The Morgan fingerprint density at radius 2 is 1.05 bits per heavy atom. The van der Waals surface area contributed by atoms with Crippen molar-refractivity contribution in [3.63, 3.8) is 0 Å². The second-order valence-electron chi connectivity index (χ2n) is 11.9. The molecule has 0 bridgehead atoms. The number of fused-ring (bicyclic) bond motifs is 5. The monoisotopic (exact) mass is 564 g/mol. The minimum Gasteiger partial charge on any atom is -0.254 e. The van der Waals surface area contributed by atoms with Gasteiger partial charge in [0.1, 0.15) is 0 Å². The molecule has 2 heteroatoms. The van der Waals surface area contributed by atoms with Crippen molar-refractivity contribution in [2.24, 2.45) is 0 Å². The summed E-state index contributed by atoms with van der Waals surface area (Å²) in [6.45, 7) is 8.69. The number of rotatable bonds is 3. The van der Waals surface area contributed by atoms with E-state index in [0.717, 1.165) is 22.3 Å². The van der Waals surface area contributed by atoms with Gasteiger partial charge in [-0.15, -0.1) is 0 Å². The minimum atomic E-state index is 0.971. The summed E-state index contributed by atoms with van der Waals surface area (Å²) in [4.78, 5) is 10.2. The molecule has 0 atom stereocenters. The average molecular weight is 565 g/mol. The second kappa shape index (κ2) is 10.1. The van der Waals surface area contributed by atoms with Crippen LogP contribution in [0, 0.1) is 27.7 Å². The van der Waals surface area contributed by atoms with E-state index in [4.69, 9.17) is 9.97 Å². The van der Waals surface area contributed by atoms with Gasteiger partial charge in [0.25, 0.3) is 0 Å². The molecule has 0 saturated heterocycles. The van der Waals surface area contributed by atoms with Crippen LogP contribution < -0.4 is 0 Å². The number of benzene rings is 6. The van der Waals surface area contributed by atoms with Gasteiger partial charge >= 0.3 is 0 Å². The van der Waals surface area contributed by atoms with Gasteiger partial charge in [-0.1, -0.05) is 109 Å². The van der Waals surface area contributed by atoms with Gasteiger partial charge in [0.2, 0.25) is 0 Å². The third kappa shape index (κ3) is 4.02. The lowest BCUT2D eigenvalue weighted by atomic mass is 9.89. The van der Waals surface area contributed by atoms with Crippen LogP contribution in [0.5, 0.6) is 0 Å². The van der Waals surface area contributed by atoms with Crippen molar-refractivity contribution in [2.45, 2.75) is 27.7 Å². The Morgan fingerprint density at radius 1 is 0.432 bits per heavy atom. The molecule has 8 aromatic rings. The molecule has 0 spiro atoms. The standard InChI is InChI=1S/C42H32N2/c1-25-24-43-41-32(26(25)2)19-20-33-27(3)28(4)40(44-42(33)41)31-14-9-13-30(23-31)35-21-22-39(38-17-8-7-16-36(35)38)37-18-10-12-29-11-5-6-15-34(29)37/h5-24H,1-4H3. The summed E-state index contributed by atoms with van der Waals surface area (Å²) >= 11 is 0. The topological polar surface area (TPSA) is 25.8 Å². The summed E-state index contributed by atoms with van der Waals surface area (Å²) in [5, 5.41) is 7.37. The Balaban J connectivity index is 1.31. The highest BCUT2D eigenvalue weighted by molar-refractivity contribution is 6.10. The Morgan fingerprint density at radius 3 is 1.86 bits per heavy atom. The molecule has 2 aromatic heterocycles. The van der Waals surface area contributed by atoms with Gasteiger partial charge < -0.3 is 0 Å². The predicted octanol–water partition coefficient (Wildman–Crippen LogP) is 11.3. The highest BCUT2D eigenvalue weighted by Gasteiger charge is 2.16.